The van der Waals surface area contributed by atoms with Crippen molar-refractivity contribution in [3.63, 3.8) is 0 Å². The normalized spacial score (nSPS) is 19.2. The van der Waals surface area contributed by atoms with E-state index in [1.807, 2.05) is 30.3 Å². The molecule has 1 aliphatic heterocycles. The van der Waals surface area contributed by atoms with Crippen LogP contribution in [0.1, 0.15) is 52.5 Å². The minimum absolute atomic E-state index is 0.262. The van der Waals surface area contributed by atoms with Gasteiger partial charge in [-0.2, -0.15) is 0 Å². The third-order valence-corrected chi connectivity index (χ3v) is 5.59. The molecule has 4 nitrogen and oxygen atoms in total. The van der Waals surface area contributed by atoms with Gasteiger partial charge in [0.25, 0.3) is 0 Å². The molecule has 1 saturated heterocycles. The summed E-state index contributed by atoms with van der Waals surface area (Å²) >= 11 is 0. The lowest BCUT2D eigenvalue weighted by atomic mass is 9.81. The number of carbonyl (C=O) groups is 1. The number of nitrogens with one attached hydrogen (secondary N) is 1. The Balaban J connectivity index is 1.76. The van der Waals surface area contributed by atoms with Crippen molar-refractivity contribution in [1.82, 2.24) is 5.32 Å². The highest BCUT2D eigenvalue weighted by Gasteiger charge is 2.35. The maximum absolute atomic E-state index is 12.1. The largest absolute Gasteiger partial charge is 0.445 e. The summed E-state index contributed by atoms with van der Waals surface area (Å²) in [7, 11) is 2.35. The lowest BCUT2D eigenvalue weighted by Crippen LogP contribution is -2.55. The second-order valence-electron chi connectivity index (χ2n) is 9.28. The van der Waals surface area contributed by atoms with Crippen molar-refractivity contribution in [1.29, 1.82) is 0 Å². The molecule has 4 heteroatoms. The van der Waals surface area contributed by atoms with Crippen LogP contribution in [0.3, 0.4) is 0 Å². The number of benzene rings is 1. The number of likely N-dealkylation sites (tertiary alicyclic amines) is 1. The highest BCUT2D eigenvalue weighted by atomic mass is 16.5. The van der Waals surface area contributed by atoms with Crippen LogP contribution in [-0.4, -0.2) is 42.8 Å². The number of hydrogen-bond acceptors (Lipinski definition) is 2. The highest BCUT2D eigenvalue weighted by molar-refractivity contribution is 5.68. The van der Waals surface area contributed by atoms with Crippen LogP contribution < -0.4 is 5.32 Å². The summed E-state index contributed by atoms with van der Waals surface area (Å²) in [5.74, 6) is 0. The zero-order valence-corrected chi connectivity index (χ0v) is 16.6. The Morgan fingerprint density at radius 1 is 1.20 bits per heavy atom. The summed E-state index contributed by atoms with van der Waals surface area (Å²) in [4.78, 5) is 12.1. The summed E-state index contributed by atoms with van der Waals surface area (Å²) < 4.78 is 6.46. The van der Waals surface area contributed by atoms with E-state index in [0.29, 0.717) is 12.0 Å². The zero-order chi connectivity index (χ0) is 18.6. The van der Waals surface area contributed by atoms with Crippen molar-refractivity contribution in [3.8, 4) is 0 Å². The van der Waals surface area contributed by atoms with E-state index >= 15 is 0 Å². The molecule has 0 atom stereocenters. The van der Waals surface area contributed by atoms with Crippen LogP contribution >= 0.6 is 0 Å². The number of piperidine rings is 1. The van der Waals surface area contributed by atoms with Gasteiger partial charge in [-0.05, 0) is 24.8 Å². The lowest BCUT2D eigenvalue weighted by molar-refractivity contribution is -0.916. The first-order valence-electron chi connectivity index (χ1n) is 9.42. The van der Waals surface area contributed by atoms with Crippen LogP contribution in [0.5, 0.6) is 0 Å². The highest BCUT2D eigenvalue weighted by Crippen LogP contribution is 2.33. The molecule has 2 rings (SSSR count). The standard InChI is InChI=1S/C21H34N2O2/c1-20(2)11-14-23(5,15-12-20)16-13-21(3,4)22-19(24)25-17-18-9-7-6-8-10-18/h6-10H,11-17H2,1-5H3/p+1. The number of quaternary nitrogens is 1. The first-order chi connectivity index (χ1) is 11.6. The van der Waals surface area contributed by atoms with Crippen LogP contribution in [0, 0.1) is 5.41 Å². The van der Waals surface area contributed by atoms with Gasteiger partial charge in [0.15, 0.2) is 0 Å². The molecule has 1 heterocycles. The van der Waals surface area contributed by atoms with E-state index in [9.17, 15) is 4.79 Å². The Labute approximate surface area is 153 Å². The number of amides is 1. The average molecular weight is 348 g/mol. The SMILES string of the molecule is CC1(C)CC[N+](C)(CCC(C)(C)NC(=O)OCc2ccccc2)CC1. The Morgan fingerprint density at radius 2 is 1.80 bits per heavy atom. The van der Waals surface area contributed by atoms with Crippen molar-refractivity contribution in [3.05, 3.63) is 35.9 Å². The molecule has 0 aromatic heterocycles. The Hall–Kier alpha value is -1.55. The monoisotopic (exact) mass is 347 g/mol. The molecule has 1 amide bonds. The average Bonchev–Trinajstić information content (AvgIpc) is 2.55. The molecule has 1 aromatic rings. The predicted octanol–water partition coefficient (Wildman–Crippen LogP) is 4.35. The van der Waals surface area contributed by atoms with E-state index in [1.54, 1.807) is 0 Å². The summed E-state index contributed by atoms with van der Waals surface area (Å²) in [5.41, 5.74) is 1.22. The Bertz CT molecular complexity index is 557. The van der Waals surface area contributed by atoms with E-state index in [2.05, 4.69) is 40.1 Å². The van der Waals surface area contributed by atoms with Crippen LogP contribution in [0.25, 0.3) is 0 Å². The van der Waals surface area contributed by atoms with Crippen molar-refractivity contribution in [2.24, 2.45) is 5.41 Å². The maximum Gasteiger partial charge on any atom is 0.407 e. The van der Waals surface area contributed by atoms with E-state index < -0.39 is 0 Å². The first-order valence-corrected chi connectivity index (χ1v) is 9.42. The van der Waals surface area contributed by atoms with Crippen molar-refractivity contribution in [2.45, 2.75) is 59.1 Å². The molecular formula is C21H35N2O2+. The number of carbonyl (C=O) groups excluding carboxylic acids is 1. The molecule has 0 spiro atoms. The minimum Gasteiger partial charge on any atom is -0.445 e. The van der Waals surface area contributed by atoms with Gasteiger partial charge in [-0.25, -0.2) is 4.79 Å². The van der Waals surface area contributed by atoms with Gasteiger partial charge < -0.3 is 14.5 Å². The second-order valence-corrected chi connectivity index (χ2v) is 9.28. The fraction of sp³-hybridized carbons (Fsp3) is 0.667. The number of ether oxygens (including phenoxy) is 1. The van der Waals surface area contributed by atoms with E-state index in [4.69, 9.17) is 4.74 Å². The molecule has 0 saturated carbocycles. The third kappa shape index (κ3) is 6.69. The molecular weight excluding hydrogens is 312 g/mol. The molecule has 0 unspecified atom stereocenters. The molecule has 1 aromatic carbocycles. The number of nitrogens with zero attached hydrogens (tertiary/aromatic N) is 1. The summed E-state index contributed by atoms with van der Waals surface area (Å²) in [5, 5.41) is 3.03. The van der Waals surface area contributed by atoms with Crippen LogP contribution in [0.15, 0.2) is 30.3 Å². The first kappa shape index (κ1) is 19.8. The molecule has 25 heavy (non-hydrogen) atoms. The van der Waals surface area contributed by atoms with Crippen molar-refractivity contribution >= 4 is 6.09 Å². The van der Waals surface area contributed by atoms with Gasteiger partial charge in [-0.3, -0.25) is 0 Å². The topological polar surface area (TPSA) is 38.3 Å². The van der Waals surface area contributed by atoms with Gasteiger partial charge in [0.2, 0.25) is 0 Å². The predicted molar refractivity (Wildman–Crippen MR) is 102 cm³/mol. The molecule has 1 aliphatic rings. The molecule has 0 bridgehead atoms. The van der Waals surface area contributed by atoms with Gasteiger partial charge in [0, 0.05) is 24.8 Å². The Kier molecular flexibility index (Phi) is 6.15. The van der Waals surface area contributed by atoms with Crippen molar-refractivity contribution < 1.29 is 14.0 Å². The second kappa shape index (κ2) is 7.77. The van der Waals surface area contributed by atoms with Crippen LogP contribution in [0.4, 0.5) is 4.79 Å². The molecule has 0 radical (unpaired) electrons. The third-order valence-electron chi connectivity index (χ3n) is 5.59. The van der Waals surface area contributed by atoms with E-state index in [0.717, 1.165) is 23.0 Å². The van der Waals surface area contributed by atoms with Gasteiger partial charge in [0.05, 0.1) is 26.7 Å². The zero-order valence-electron chi connectivity index (χ0n) is 16.6. The molecule has 1 fully saturated rings. The fourth-order valence-corrected chi connectivity index (χ4v) is 3.25. The quantitative estimate of drug-likeness (QED) is 0.777. The molecule has 1 N–H and O–H groups in total. The van der Waals surface area contributed by atoms with Gasteiger partial charge >= 0.3 is 6.09 Å². The molecule has 0 aliphatic carbocycles. The number of alkyl carbamates (subject to hydrolysis) is 1. The van der Waals surface area contributed by atoms with Crippen LogP contribution in [0.2, 0.25) is 0 Å². The van der Waals surface area contributed by atoms with Gasteiger partial charge in [-0.1, -0.05) is 44.2 Å². The number of rotatable bonds is 6. The van der Waals surface area contributed by atoms with Gasteiger partial charge in [-0.15, -0.1) is 0 Å². The Morgan fingerprint density at radius 3 is 2.40 bits per heavy atom. The number of hydrogen-bond donors (Lipinski definition) is 1. The smallest absolute Gasteiger partial charge is 0.407 e. The summed E-state index contributed by atoms with van der Waals surface area (Å²) in [6.45, 7) is 12.7. The fourth-order valence-electron chi connectivity index (χ4n) is 3.25. The van der Waals surface area contributed by atoms with Crippen LogP contribution in [-0.2, 0) is 11.3 Å². The van der Waals surface area contributed by atoms with Gasteiger partial charge in [0.1, 0.15) is 6.61 Å². The summed E-state index contributed by atoms with van der Waals surface area (Å²) in [6, 6.07) is 9.77. The van der Waals surface area contributed by atoms with Crippen molar-refractivity contribution in [2.75, 3.05) is 26.7 Å². The lowest BCUT2D eigenvalue weighted by Gasteiger charge is -2.45. The molecule has 140 valence electrons. The summed E-state index contributed by atoms with van der Waals surface area (Å²) in [6.07, 6.45) is 3.16. The van der Waals surface area contributed by atoms with E-state index in [1.165, 1.54) is 25.9 Å². The minimum atomic E-state index is -0.337. The maximum atomic E-state index is 12.1. The van der Waals surface area contributed by atoms with E-state index in [-0.39, 0.29) is 11.6 Å².